The van der Waals surface area contributed by atoms with Crippen LogP contribution in [0.15, 0.2) is 0 Å². The summed E-state index contributed by atoms with van der Waals surface area (Å²) >= 11 is 5.19. The fourth-order valence-electron chi connectivity index (χ4n) is 2.48. The summed E-state index contributed by atoms with van der Waals surface area (Å²) in [5.74, 6) is 1.89. The third-order valence-corrected chi connectivity index (χ3v) is 3.50. The molecule has 0 saturated heterocycles. The Morgan fingerprint density at radius 3 is 2.69 bits per heavy atom. The molecular formula is C10H18N2S. The number of hydrogen-bond donors (Lipinski definition) is 2. The fraction of sp³-hybridized carbons (Fsp3) is 0.900. The van der Waals surface area contributed by atoms with Crippen LogP contribution in [0.4, 0.5) is 0 Å². The summed E-state index contributed by atoms with van der Waals surface area (Å²) in [6.07, 6.45) is 5.40. The van der Waals surface area contributed by atoms with Gasteiger partial charge in [-0.15, -0.1) is 0 Å². The molecule has 2 fully saturated rings. The molecule has 0 bridgehead atoms. The molecule has 0 spiro atoms. The van der Waals surface area contributed by atoms with Crippen LogP contribution in [0.3, 0.4) is 0 Å². The van der Waals surface area contributed by atoms with E-state index in [0.717, 1.165) is 29.9 Å². The number of hydrogen-bond acceptors (Lipinski definition) is 1. The van der Waals surface area contributed by atoms with Gasteiger partial charge in [0.2, 0.25) is 0 Å². The maximum Gasteiger partial charge on any atom is 0.166 e. The minimum Gasteiger partial charge on any atom is -0.363 e. The third kappa shape index (κ3) is 1.96. The second-order valence-electron chi connectivity index (χ2n) is 4.18. The van der Waals surface area contributed by atoms with Gasteiger partial charge in [0, 0.05) is 12.6 Å². The first-order valence-electron chi connectivity index (χ1n) is 5.37. The van der Waals surface area contributed by atoms with Crippen molar-refractivity contribution in [1.82, 2.24) is 10.6 Å². The molecule has 2 saturated carbocycles. The smallest absolute Gasteiger partial charge is 0.166 e. The van der Waals surface area contributed by atoms with Crippen molar-refractivity contribution < 1.29 is 0 Å². The molecule has 0 aromatic carbocycles. The highest BCUT2D eigenvalue weighted by molar-refractivity contribution is 7.80. The summed E-state index contributed by atoms with van der Waals surface area (Å²) in [5, 5.41) is 7.49. The average molecular weight is 198 g/mol. The van der Waals surface area contributed by atoms with Crippen LogP contribution in [0, 0.1) is 11.8 Å². The number of nitrogens with one attached hydrogen (secondary N) is 2. The highest BCUT2D eigenvalue weighted by Crippen LogP contribution is 2.51. The first-order valence-corrected chi connectivity index (χ1v) is 5.78. The lowest BCUT2D eigenvalue weighted by atomic mass is 10.2. The van der Waals surface area contributed by atoms with E-state index < -0.39 is 0 Å². The van der Waals surface area contributed by atoms with Crippen LogP contribution in [-0.2, 0) is 0 Å². The molecular weight excluding hydrogens is 180 g/mol. The summed E-state index contributed by atoms with van der Waals surface area (Å²) in [4.78, 5) is 0. The molecule has 0 radical (unpaired) electrons. The Labute approximate surface area is 85.5 Å². The van der Waals surface area contributed by atoms with E-state index >= 15 is 0 Å². The van der Waals surface area contributed by atoms with Crippen LogP contribution in [0.2, 0.25) is 0 Å². The van der Waals surface area contributed by atoms with Gasteiger partial charge in [0.05, 0.1) is 0 Å². The van der Waals surface area contributed by atoms with Crippen molar-refractivity contribution in [2.24, 2.45) is 11.8 Å². The van der Waals surface area contributed by atoms with Crippen molar-refractivity contribution in [3.8, 4) is 0 Å². The Kier molecular flexibility index (Phi) is 2.72. The van der Waals surface area contributed by atoms with E-state index in [4.69, 9.17) is 12.2 Å². The van der Waals surface area contributed by atoms with Crippen LogP contribution in [0.1, 0.15) is 32.6 Å². The number of fused-ring (bicyclic) bond motifs is 1. The first-order chi connectivity index (χ1) is 6.33. The van der Waals surface area contributed by atoms with Crippen molar-refractivity contribution in [1.29, 1.82) is 0 Å². The number of thiocarbonyl (C=S) groups is 1. The standard InChI is InChI=1S/C10H18N2S/c1-2-6-11-10(13)12-9-7-4-3-5-8(7)9/h7-9H,2-6H2,1H3,(H2,11,12,13). The van der Waals surface area contributed by atoms with Gasteiger partial charge in [-0.1, -0.05) is 13.3 Å². The van der Waals surface area contributed by atoms with Crippen molar-refractivity contribution in [3.05, 3.63) is 0 Å². The minimum atomic E-state index is 0.714. The molecule has 2 aliphatic rings. The maximum absolute atomic E-state index is 5.19. The van der Waals surface area contributed by atoms with E-state index in [9.17, 15) is 0 Å². The fourth-order valence-corrected chi connectivity index (χ4v) is 2.71. The van der Waals surface area contributed by atoms with Gasteiger partial charge in [0.25, 0.3) is 0 Å². The van der Waals surface area contributed by atoms with Crippen LogP contribution < -0.4 is 10.6 Å². The van der Waals surface area contributed by atoms with Gasteiger partial charge in [0.15, 0.2) is 5.11 Å². The molecule has 2 rings (SSSR count). The lowest BCUT2D eigenvalue weighted by Gasteiger charge is -2.10. The molecule has 2 N–H and O–H groups in total. The lowest BCUT2D eigenvalue weighted by molar-refractivity contribution is 0.631. The monoisotopic (exact) mass is 198 g/mol. The number of rotatable bonds is 3. The topological polar surface area (TPSA) is 24.1 Å². The Morgan fingerprint density at radius 1 is 1.38 bits per heavy atom. The highest BCUT2D eigenvalue weighted by atomic mass is 32.1. The molecule has 2 aliphatic carbocycles. The predicted octanol–water partition coefficient (Wildman–Crippen LogP) is 1.66. The van der Waals surface area contributed by atoms with Gasteiger partial charge in [0.1, 0.15) is 0 Å². The van der Waals surface area contributed by atoms with E-state index in [1.807, 2.05) is 0 Å². The summed E-state index contributed by atoms with van der Waals surface area (Å²) in [5.41, 5.74) is 0. The van der Waals surface area contributed by atoms with Gasteiger partial charge in [-0.2, -0.15) is 0 Å². The second-order valence-corrected chi connectivity index (χ2v) is 4.59. The zero-order valence-electron chi connectivity index (χ0n) is 8.18. The molecule has 2 unspecified atom stereocenters. The maximum atomic E-state index is 5.19. The minimum absolute atomic E-state index is 0.714. The van der Waals surface area contributed by atoms with E-state index in [1.54, 1.807) is 0 Å². The van der Waals surface area contributed by atoms with Crippen molar-refractivity contribution >= 4 is 17.3 Å². The summed E-state index contributed by atoms with van der Waals surface area (Å²) in [6, 6.07) is 0.714. The van der Waals surface area contributed by atoms with Crippen LogP contribution in [0.25, 0.3) is 0 Å². The SMILES string of the molecule is CCCNC(=S)NC1C2CCCC21. The van der Waals surface area contributed by atoms with Crippen LogP contribution in [0.5, 0.6) is 0 Å². The molecule has 3 heteroatoms. The third-order valence-electron chi connectivity index (χ3n) is 3.24. The molecule has 0 aliphatic heterocycles. The lowest BCUT2D eigenvalue weighted by Crippen LogP contribution is -2.38. The van der Waals surface area contributed by atoms with Gasteiger partial charge >= 0.3 is 0 Å². The largest absolute Gasteiger partial charge is 0.363 e. The molecule has 2 atom stereocenters. The molecule has 2 nitrogen and oxygen atoms in total. The van der Waals surface area contributed by atoms with Gasteiger partial charge in [-0.25, -0.2) is 0 Å². The normalized spacial score (nSPS) is 35.3. The molecule has 0 aromatic heterocycles. The van der Waals surface area contributed by atoms with Gasteiger partial charge in [-0.3, -0.25) is 0 Å². The highest BCUT2D eigenvalue weighted by Gasteiger charge is 2.52. The molecule has 0 heterocycles. The van der Waals surface area contributed by atoms with Crippen LogP contribution in [-0.4, -0.2) is 17.7 Å². The molecule has 0 amide bonds. The Hall–Kier alpha value is -0.310. The Bertz CT molecular complexity index is 195. The molecule has 0 aromatic rings. The van der Waals surface area contributed by atoms with Crippen molar-refractivity contribution in [3.63, 3.8) is 0 Å². The summed E-state index contributed by atoms with van der Waals surface area (Å²) in [6.45, 7) is 3.15. The zero-order valence-corrected chi connectivity index (χ0v) is 8.99. The van der Waals surface area contributed by atoms with Crippen molar-refractivity contribution in [2.45, 2.75) is 38.6 Å². The Morgan fingerprint density at radius 2 is 2.08 bits per heavy atom. The van der Waals surface area contributed by atoms with Gasteiger partial charge in [-0.05, 0) is 43.3 Å². The quantitative estimate of drug-likeness (QED) is 0.674. The van der Waals surface area contributed by atoms with E-state index in [1.165, 1.54) is 19.3 Å². The van der Waals surface area contributed by atoms with Crippen LogP contribution >= 0.6 is 12.2 Å². The van der Waals surface area contributed by atoms with Crippen molar-refractivity contribution in [2.75, 3.05) is 6.54 Å². The van der Waals surface area contributed by atoms with E-state index in [2.05, 4.69) is 17.6 Å². The zero-order chi connectivity index (χ0) is 9.26. The summed E-state index contributed by atoms with van der Waals surface area (Å²) < 4.78 is 0. The summed E-state index contributed by atoms with van der Waals surface area (Å²) in [7, 11) is 0. The molecule has 13 heavy (non-hydrogen) atoms. The average Bonchev–Trinajstić information content (AvgIpc) is 2.63. The molecule has 74 valence electrons. The van der Waals surface area contributed by atoms with E-state index in [0.29, 0.717) is 6.04 Å². The Balaban J connectivity index is 1.65. The second kappa shape index (κ2) is 3.82. The first kappa shape index (κ1) is 9.25. The van der Waals surface area contributed by atoms with Gasteiger partial charge < -0.3 is 10.6 Å². The van der Waals surface area contributed by atoms with E-state index in [-0.39, 0.29) is 0 Å². The predicted molar refractivity (Wildman–Crippen MR) is 58.6 cm³/mol.